The summed E-state index contributed by atoms with van der Waals surface area (Å²) in [5.74, 6) is 4.90. The van der Waals surface area contributed by atoms with Crippen LogP contribution in [0.1, 0.15) is 12.5 Å². The molecular weight excluding hydrogens is 166 g/mol. The van der Waals surface area contributed by atoms with Crippen molar-refractivity contribution in [3.05, 3.63) is 29.8 Å². The number of rotatable bonds is 2. The third-order valence-corrected chi connectivity index (χ3v) is 1.45. The molecule has 0 aliphatic carbocycles. The SMILES string of the molecule is CC(=O)Nc1ccc(/C=N/N)cc1. The van der Waals surface area contributed by atoms with Gasteiger partial charge in [-0.3, -0.25) is 4.79 Å². The number of anilines is 1. The van der Waals surface area contributed by atoms with E-state index in [9.17, 15) is 4.79 Å². The number of nitrogens with one attached hydrogen (secondary N) is 1. The lowest BCUT2D eigenvalue weighted by Gasteiger charge is -2.00. The highest BCUT2D eigenvalue weighted by Gasteiger charge is 1.93. The van der Waals surface area contributed by atoms with Gasteiger partial charge in [0.1, 0.15) is 0 Å². The quantitative estimate of drug-likeness (QED) is 0.401. The third-order valence-electron chi connectivity index (χ3n) is 1.45. The number of hydrazone groups is 1. The van der Waals surface area contributed by atoms with E-state index in [4.69, 9.17) is 5.84 Å². The molecule has 1 aromatic rings. The molecular formula is C9H11N3O. The lowest BCUT2D eigenvalue weighted by atomic mass is 10.2. The van der Waals surface area contributed by atoms with E-state index in [0.717, 1.165) is 11.3 Å². The highest BCUT2D eigenvalue weighted by atomic mass is 16.1. The Balaban J connectivity index is 2.75. The zero-order valence-electron chi connectivity index (χ0n) is 7.32. The summed E-state index contributed by atoms with van der Waals surface area (Å²) in [5, 5.41) is 6.04. The van der Waals surface area contributed by atoms with Crippen LogP contribution in [0.25, 0.3) is 0 Å². The largest absolute Gasteiger partial charge is 0.326 e. The molecule has 0 bridgehead atoms. The molecule has 1 rings (SSSR count). The van der Waals surface area contributed by atoms with Gasteiger partial charge in [-0.2, -0.15) is 5.10 Å². The Hall–Kier alpha value is -1.84. The number of carbonyl (C=O) groups excluding carboxylic acids is 1. The Kier molecular flexibility index (Phi) is 3.03. The van der Waals surface area contributed by atoms with Crippen molar-refractivity contribution in [2.75, 3.05) is 5.32 Å². The minimum Gasteiger partial charge on any atom is -0.326 e. The zero-order chi connectivity index (χ0) is 9.68. The van der Waals surface area contributed by atoms with E-state index in [-0.39, 0.29) is 5.91 Å². The van der Waals surface area contributed by atoms with Gasteiger partial charge in [0.15, 0.2) is 0 Å². The second kappa shape index (κ2) is 4.25. The molecule has 4 heteroatoms. The highest BCUT2D eigenvalue weighted by Crippen LogP contribution is 2.07. The molecule has 0 aliphatic heterocycles. The van der Waals surface area contributed by atoms with E-state index >= 15 is 0 Å². The van der Waals surface area contributed by atoms with Crippen molar-refractivity contribution in [1.29, 1.82) is 0 Å². The lowest BCUT2D eigenvalue weighted by Crippen LogP contribution is -2.05. The lowest BCUT2D eigenvalue weighted by molar-refractivity contribution is -0.114. The Bertz CT molecular complexity index is 316. The molecule has 0 aromatic heterocycles. The van der Waals surface area contributed by atoms with Gasteiger partial charge in [0.05, 0.1) is 6.21 Å². The van der Waals surface area contributed by atoms with Crippen LogP contribution in [-0.4, -0.2) is 12.1 Å². The van der Waals surface area contributed by atoms with E-state index in [1.165, 1.54) is 13.1 Å². The fraction of sp³-hybridized carbons (Fsp3) is 0.111. The first kappa shape index (κ1) is 9.25. The first-order chi connectivity index (χ1) is 6.22. The molecule has 3 N–H and O–H groups in total. The Labute approximate surface area is 76.4 Å². The van der Waals surface area contributed by atoms with Crippen LogP contribution in [0.3, 0.4) is 0 Å². The topological polar surface area (TPSA) is 67.5 Å². The summed E-state index contributed by atoms with van der Waals surface area (Å²) >= 11 is 0. The minimum absolute atomic E-state index is 0.0831. The van der Waals surface area contributed by atoms with Gasteiger partial charge in [0.2, 0.25) is 5.91 Å². The van der Waals surface area contributed by atoms with E-state index < -0.39 is 0 Å². The normalized spacial score (nSPS) is 10.2. The van der Waals surface area contributed by atoms with Gasteiger partial charge in [-0.15, -0.1) is 0 Å². The standard InChI is InChI=1S/C9H11N3O/c1-7(13)12-9-4-2-8(3-5-9)6-11-10/h2-6H,10H2,1H3,(H,12,13)/b11-6+. The Morgan fingerprint density at radius 1 is 1.46 bits per heavy atom. The number of hydrogen-bond donors (Lipinski definition) is 2. The smallest absolute Gasteiger partial charge is 0.221 e. The van der Waals surface area contributed by atoms with Crippen molar-refractivity contribution in [1.82, 2.24) is 0 Å². The van der Waals surface area contributed by atoms with E-state index in [1.807, 2.05) is 12.1 Å². The van der Waals surface area contributed by atoms with Crippen LogP contribution in [-0.2, 0) is 4.79 Å². The molecule has 0 heterocycles. The predicted molar refractivity (Wildman–Crippen MR) is 52.5 cm³/mol. The molecule has 1 aromatic carbocycles. The third kappa shape index (κ3) is 2.94. The van der Waals surface area contributed by atoms with E-state index in [1.54, 1.807) is 12.1 Å². The van der Waals surface area contributed by atoms with Crippen LogP contribution in [0.5, 0.6) is 0 Å². The van der Waals surface area contributed by atoms with Crippen molar-refractivity contribution in [2.45, 2.75) is 6.92 Å². The molecule has 4 nitrogen and oxygen atoms in total. The molecule has 13 heavy (non-hydrogen) atoms. The summed E-state index contributed by atoms with van der Waals surface area (Å²) < 4.78 is 0. The molecule has 0 saturated carbocycles. The fourth-order valence-electron chi connectivity index (χ4n) is 0.942. The molecule has 0 saturated heterocycles. The summed E-state index contributed by atoms with van der Waals surface area (Å²) in [6.45, 7) is 1.47. The highest BCUT2D eigenvalue weighted by molar-refractivity contribution is 5.89. The Morgan fingerprint density at radius 2 is 2.08 bits per heavy atom. The second-order valence-corrected chi connectivity index (χ2v) is 2.58. The van der Waals surface area contributed by atoms with Gasteiger partial charge in [0, 0.05) is 12.6 Å². The minimum atomic E-state index is -0.0831. The first-order valence-corrected chi connectivity index (χ1v) is 3.83. The van der Waals surface area contributed by atoms with Gasteiger partial charge in [-0.1, -0.05) is 12.1 Å². The van der Waals surface area contributed by atoms with Gasteiger partial charge in [0.25, 0.3) is 0 Å². The number of nitrogens with two attached hydrogens (primary N) is 1. The molecule has 1 amide bonds. The molecule has 0 unspecified atom stereocenters. The van der Waals surface area contributed by atoms with Crippen LogP contribution >= 0.6 is 0 Å². The van der Waals surface area contributed by atoms with Crippen molar-refractivity contribution in [3.8, 4) is 0 Å². The molecule has 68 valence electrons. The van der Waals surface area contributed by atoms with Gasteiger partial charge < -0.3 is 11.2 Å². The van der Waals surface area contributed by atoms with Crippen LogP contribution in [0.15, 0.2) is 29.4 Å². The number of carbonyl (C=O) groups is 1. The number of benzene rings is 1. The maximum atomic E-state index is 10.7. The molecule has 0 radical (unpaired) electrons. The van der Waals surface area contributed by atoms with Gasteiger partial charge >= 0.3 is 0 Å². The van der Waals surface area contributed by atoms with Crippen molar-refractivity contribution in [3.63, 3.8) is 0 Å². The average Bonchev–Trinajstić information content (AvgIpc) is 2.08. The number of hydrogen-bond acceptors (Lipinski definition) is 3. The Morgan fingerprint density at radius 3 is 2.54 bits per heavy atom. The molecule has 0 aliphatic rings. The number of amides is 1. The monoisotopic (exact) mass is 177 g/mol. The molecule has 0 atom stereocenters. The maximum Gasteiger partial charge on any atom is 0.221 e. The van der Waals surface area contributed by atoms with Crippen LogP contribution in [0, 0.1) is 0 Å². The zero-order valence-corrected chi connectivity index (χ0v) is 7.32. The predicted octanol–water partition coefficient (Wildman–Crippen LogP) is 0.938. The fourth-order valence-corrected chi connectivity index (χ4v) is 0.942. The molecule has 0 fully saturated rings. The van der Waals surface area contributed by atoms with Crippen LogP contribution in [0.2, 0.25) is 0 Å². The van der Waals surface area contributed by atoms with Crippen LogP contribution < -0.4 is 11.2 Å². The maximum absolute atomic E-state index is 10.7. The number of nitrogens with zero attached hydrogens (tertiary/aromatic N) is 1. The summed E-state index contributed by atoms with van der Waals surface area (Å²) in [6, 6.07) is 7.22. The first-order valence-electron chi connectivity index (χ1n) is 3.83. The summed E-state index contributed by atoms with van der Waals surface area (Å²) in [5.41, 5.74) is 1.67. The van der Waals surface area contributed by atoms with E-state index in [0.29, 0.717) is 0 Å². The second-order valence-electron chi connectivity index (χ2n) is 2.58. The van der Waals surface area contributed by atoms with Crippen LogP contribution in [0.4, 0.5) is 5.69 Å². The summed E-state index contributed by atoms with van der Waals surface area (Å²) in [4.78, 5) is 10.7. The van der Waals surface area contributed by atoms with Crippen molar-refractivity contribution >= 4 is 17.8 Å². The van der Waals surface area contributed by atoms with Crippen molar-refractivity contribution < 1.29 is 4.79 Å². The summed E-state index contributed by atoms with van der Waals surface area (Å²) in [7, 11) is 0. The van der Waals surface area contributed by atoms with Crippen molar-refractivity contribution in [2.24, 2.45) is 10.9 Å². The average molecular weight is 177 g/mol. The van der Waals surface area contributed by atoms with Gasteiger partial charge in [-0.25, -0.2) is 0 Å². The van der Waals surface area contributed by atoms with E-state index in [2.05, 4.69) is 10.4 Å². The summed E-state index contributed by atoms with van der Waals surface area (Å²) in [6.07, 6.45) is 1.54. The van der Waals surface area contributed by atoms with Gasteiger partial charge in [-0.05, 0) is 17.7 Å². The molecule has 0 spiro atoms.